The number of thioether (sulfide) groups is 1. The van der Waals surface area contributed by atoms with Gasteiger partial charge in [-0.1, -0.05) is 42.8 Å². The van der Waals surface area contributed by atoms with E-state index >= 15 is 0 Å². The van der Waals surface area contributed by atoms with Crippen LogP contribution >= 0.6 is 23.4 Å². The molecule has 1 heterocycles. The largest absolute Gasteiger partial charge is 0.495 e. The molecule has 1 saturated heterocycles. The Morgan fingerprint density at radius 1 is 1.26 bits per heavy atom. The van der Waals surface area contributed by atoms with Crippen LogP contribution in [0.15, 0.2) is 52.4 Å². The second-order valence-corrected chi connectivity index (χ2v) is 7.51. The zero-order valence-corrected chi connectivity index (χ0v) is 17.1. The molecule has 0 radical (unpaired) electrons. The second kappa shape index (κ2) is 8.63. The number of amides is 1. The van der Waals surface area contributed by atoms with E-state index in [4.69, 9.17) is 16.3 Å². The molecule has 0 bridgehead atoms. The van der Waals surface area contributed by atoms with Crippen LogP contribution in [0.1, 0.15) is 24.5 Å². The van der Waals surface area contributed by atoms with Crippen LogP contribution in [0.3, 0.4) is 0 Å². The minimum Gasteiger partial charge on any atom is -0.495 e. The fourth-order valence-corrected chi connectivity index (χ4v) is 4.00. The molecule has 4 nitrogen and oxygen atoms in total. The Morgan fingerprint density at radius 3 is 2.70 bits per heavy atom. The molecule has 140 valence electrons. The monoisotopic (exact) mass is 400 g/mol. The number of rotatable bonds is 5. The Morgan fingerprint density at radius 2 is 2.04 bits per heavy atom. The number of anilines is 1. The van der Waals surface area contributed by atoms with Crippen LogP contribution in [-0.4, -0.2) is 24.7 Å². The van der Waals surface area contributed by atoms with E-state index in [1.54, 1.807) is 24.1 Å². The Kier molecular flexibility index (Phi) is 6.24. The average Bonchev–Trinajstić information content (AvgIpc) is 2.96. The Hall–Kier alpha value is -2.24. The van der Waals surface area contributed by atoms with Gasteiger partial charge in [-0.05, 0) is 60.5 Å². The van der Waals surface area contributed by atoms with Gasteiger partial charge in [0.25, 0.3) is 5.91 Å². The summed E-state index contributed by atoms with van der Waals surface area (Å²) in [6.07, 6.45) is 2.77. The molecule has 2 aromatic rings. The summed E-state index contributed by atoms with van der Waals surface area (Å²) >= 11 is 7.61. The molecule has 1 amide bonds. The van der Waals surface area contributed by atoms with Crippen LogP contribution in [0.25, 0.3) is 6.08 Å². The number of benzene rings is 2. The maximum atomic E-state index is 13.1. The summed E-state index contributed by atoms with van der Waals surface area (Å²) < 4.78 is 5.19. The number of amidine groups is 1. The average molecular weight is 401 g/mol. The fraction of sp³-hybridized carbons (Fsp3) is 0.238. The highest BCUT2D eigenvalue weighted by molar-refractivity contribution is 8.19. The highest BCUT2D eigenvalue weighted by Gasteiger charge is 2.35. The highest BCUT2D eigenvalue weighted by Crippen LogP contribution is 2.37. The maximum Gasteiger partial charge on any atom is 0.271 e. The molecular weight excluding hydrogens is 380 g/mol. The molecule has 0 unspecified atom stereocenters. The Bertz CT molecular complexity index is 924. The molecule has 0 saturated carbocycles. The lowest BCUT2D eigenvalue weighted by Crippen LogP contribution is -2.29. The number of carbonyl (C=O) groups excluding carboxylic acids is 1. The lowest BCUT2D eigenvalue weighted by molar-refractivity contribution is -0.113. The summed E-state index contributed by atoms with van der Waals surface area (Å²) in [4.78, 5) is 20.1. The van der Waals surface area contributed by atoms with Gasteiger partial charge < -0.3 is 4.74 Å². The molecule has 0 spiro atoms. The fourth-order valence-electron chi connectivity index (χ4n) is 2.74. The van der Waals surface area contributed by atoms with Gasteiger partial charge in [0, 0.05) is 6.54 Å². The van der Waals surface area contributed by atoms with E-state index in [9.17, 15) is 4.79 Å². The first-order valence-electron chi connectivity index (χ1n) is 8.72. The first-order valence-corrected chi connectivity index (χ1v) is 9.92. The van der Waals surface area contributed by atoms with Crippen molar-refractivity contribution >= 4 is 46.2 Å². The quantitative estimate of drug-likeness (QED) is 0.618. The lowest BCUT2D eigenvalue weighted by Gasteiger charge is -2.17. The van der Waals surface area contributed by atoms with Gasteiger partial charge in [-0.3, -0.25) is 14.7 Å². The van der Waals surface area contributed by atoms with Gasteiger partial charge in [0.1, 0.15) is 5.75 Å². The van der Waals surface area contributed by atoms with Gasteiger partial charge in [-0.25, -0.2) is 0 Å². The molecule has 1 aliphatic heterocycles. The highest BCUT2D eigenvalue weighted by atomic mass is 35.5. The van der Waals surface area contributed by atoms with Crippen molar-refractivity contribution < 1.29 is 9.53 Å². The summed E-state index contributed by atoms with van der Waals surface area (Å²) in [5.74, 6) is 0.534. The van der Waals surface area contributed by atoms with Crippen LogP contribution < -0.4 is 9.64 Å². The van der Waals surface area contributed by atoms with Crippen LogP contribution in [0.5, 0.6) is 5.75 Å². The van der Waals surface area contributed by atoms with Crippen molar-refractivity contribution in [1.29, 1.82) is 0 Å². The van der Waals surface area contributed by atoms with Crippen molar-refractivity contribution in [1.82, 2.24) is 0 Å². The normalized spacial score (nSPS) is 17.2. The number of para-hydroxylation sites is 1. The van der Waals surface area contributed by atoms with Crippen molar-refractivity contribution in [2.45, 2.75) is 20.3 Å². The lowest BCUT2D eigenvalue weighted by atomic mass is 10.1. The SMILES string of the molecule is CCC/N=C1\S/C(=C\c2ccc(OC)c(Cl)c2)C(=O)N1c1ccccc1C. The number of ether oxygens (including phenoxy) is 1. The van der Waals surface area contributed by atoms with Crippen LogP contribution in [-0.2, 0) is 4.79 Å². The van der Waals surface area contributed by atoms with E-state index in [0.29, 0.717) is 27.4 Å². The first kappa shape index (κ1) is 19.5. The molecular formula is C21H21ClN2O2S. The third-order valence-corrected chi connectivity index (χ3v) is 5.41. The molecule has 0 N–H and O–H groups in total. The molecule has 2 aromatic carbocycles. The van der Waals surface area contributed by atoms with Crippen LogP contribution in [0, 0.1) is 6.92 Å². The molecule has 1 aliphatic rings. The van der Waals surface area contributed by atoms with Crippen molar-refractivity contribution in [2.24, 2.45) is 4.99 Å². The summed E-state index contributed by atoms with van der Waals surface area (Å²) in [6, 6.07) is 13.3. The number of halogens is 1. The molecule has 3 rings (SSSR count). The van der Waals surface area contributed by atoms with Crippen LogP contribution in [0.4, 0.5) is 5.69 Å². The van der Waals surface area contributed by atoms with Gasteiger partial charge in [-0.2, -0.15) is 0 Å². The third kappa shape index (κ3) is 4.20. The van der Waals surface area contributed by atoms with Crippen LogP contribution in [0.2, 0.25) is 5.02 Å². The smallest absolute Gasteiger partial charge is 0.271 e. The third-order valence-electron chi connectivity index (χ3n) is 4.11. The molecule has 27 heavy (non-hydrogen) atoms. The van der Waals surface area contributed by atoms with E-state index < -0.39 is 0 Å². The predicted octanol–water partition coefficient (Wildman–Crippen LogP) is 5.54. The predicted molar refractivity (Wildman–Crippen MR) is 115 cm³/mol. The number of nitrogens with zero attached hydrogens (tertiary/aromatic N) is 2. The number of methoxy groups -OCH3 is 1. The standard InChI is InChI=1S/C21H21ClN2O2S/c1-4-11-23-21-24(17-8-6-5-7-14(17)2)20(25)19(27-21)13-15-9-10-18(26-3)16(22)12-15/h5-10,12-13H,4,11H2,1-3H3/b19-13-,23-21-. The van der Waals surface area contributed by atoms with Crippen molar-refractivity contribution in [3.8, 4) is 5.75 Å². The maximum absolute atomic E-state index is 13.1. The summed E-state index contributed by atoms with van der Waals surface area (Å²) in [6.45, 7) is 4.75. The number of hydrogen-bond acceptors (Lipinski definition) is 4. The number of carbonyl (C=O) groups is 1. The first-order chi connectivity index (χ1) is 13.0. The van der Waals surface area contributed by atoms with Crippen molar-refractivity contribution in [3.63, 3.8) is 0 Å². The van der Waals surface area contributed by atoms with Gasteiger partial charge in [0.05, 0.1) is 22.7 Å². The second-order valence-electron chi connectivity index (χ2n) is 6.10. The summed E-state index contributed by atoms with van der Waals surface area (Å²) in [5.41, 5.74) is 2.74. The zero-order chi connectivity index (χ0) is 19.4. The number of aryl methyl sites for hydroxylation is 1. The molecule has 1 fully saturated rings. The number of hydrogen-bond donors (Lipinski definition) is 0. The minimum atomic E-state index is -0.0731. The topological polar surface area (TPSA) is 41.9 Å². The summed E-state index contributed by atoms with van der Waals surface area (Å²) in [5, 5.41) is 1.22. The van der Waals surface area contributed by atoms with E-state index in [1.165, 1.54) is 11.8 Å². The van der Waals surface area contributed by atoms with Crippen molar-refractivity contribution in [2.75, 3.05) is 18.6 Å². The van der Waals surface area contributed by atoms with Gasteiger partial charge in [-0.15, -0.1) is 0 Å². The van der Waals surface area contributed by atoms with Gasteiger partial charge in [0.2, 0.25) is 0 Å². The van der Waals surface area contributed by atoms with Crippen molar-refractivity contribution in [3.05, 3.63) is 63.5 Å². The van der Waals surface area contributed by atoms with Gasteiger partial charge in [0.15, 0.2) is 5.17 Å². The Balaban J connectivity index is 2.00. The van der Waals surface area contributed by atoms with Gasteiger partial charge >= 0.3 is 0 Å². The van der Waals surface area contributed by atoms with E-state index in [1.807, 2.05) is 43.3 Å². The minimum absolute atomic E-state index is 0.0731. The van der Waals surface area contributed by atoms with E-state index in [-0.39, 0.29) is 5.91 Å². The van der Waals surface area contributed by atoms with E-state index in [0.717, 1.165) is 23.2 Å². The zero-order valence-electron chi connectivity index (χ0n) is 15.5. The summed E-state index contributed by atoms with van der Waals surface area (Å²) in [7, 11) is 1.58. The molecule has 0 aromatic heterocycles. The molecule has 6 heteroatoms. The number of aliphatic imine (C=N–C) groups is 1. The molecule has 0 atom stereocenters. The Labute approximate surface area is 168 Å². The molecule has 0 aliphatic carbocycles. The van der Waals surface area contributed by atoms with E-state index in [2.05, 4.69) is 11.9 Å².